The summed E-state index contributed by atoms with van der Waals surface area (Å²) in [6.07, 6.45) is 1.01. The third kappa shape index (κ3) is 2.56. The van der Waals surface area contributed by atoms with Crippen LogP contribution in [0.5, 0.6) is 0 Å². The van der Waals surface area contributed by atoms with Gasteiger partial charge in [-0.2, -0.15) is 0 Å². The van der Waals surface area contributed by atoms with Crippen LogP contribution in [0, 0.1) is 5.41 Å². The van der Waals surface area contributed by atoms with E-state index in [4.69, 9.17) is 5.11 Å². The molecular formula is C11H19NO3. The Morgan fingerprint density at radius 1 is 1.53 bits per heavy atom. The molecule has 0 spiro atoms. The van der Waals surface area contributed by atoms with Crippen LogP contribution in [0.3, 0.4) is 0 Å². The maximum Gasteiger partial charge on any atom is 0.310 e. The normalized spacial score (nSPS) is 19.4. The number of carbonyl (C=O) groups excluding carboxylic acids is 1. The van der Waals surface area contributed by atoms with Crippen LogP contribution in [0.1, 0.15) is 33.1 Å². The molecule has 0 aliphatic heterocycles. The van der Waals surface area contributed by atoms with E-state index in [0.717, 1.165) is 6.54 Å². The molecule has 0 heterocycles. The molecule has 1 saturated carbocycles. The van der Waals surface area contributed by atoms with Gasteiger partial charge in [-0.3, -0.25) is 9.59 Å². The molecule has 0 bridgehead atoms. The molecule has 0 aromatic rings. The monoisotopic (exact) mass is 213 g/mol. The van der Waals surface area contributed by atoms with Crippen LogP contribution in [0.25, 0.3) is 0 Å². The third-order valence-corrected chi connectivity index (χ3v) is 3.35. The lowest BCUT2D eigenvalue weighted by atomic mass is 9.65. The quantitative estimate of drug-likeness (QED) is 0.744. The van der Waals surface area contributed by atoms with Gasteiger partial charge < -0.3 is 10.0 Å². The summed E-state index contributed by atoms with van der Waals surface area (Å²) < 4.78 is 0. The number of carboxylic acids is 1. The van der Waals surface area contributed by atoms with E-state index in [9.17, 15) is 9.59 Å². The molecule has 0 radical (unpaired) electrons. The van der Waals surface area contributed by atoms with Crippen LogP contribution in [-0.2, 0) is 9.59 Å². The van der Waals surface area contributed by atoms with Gasteiger partial charge in [-0.05, 0) is 33.9 Å². The predicted octanol–water partition coefficient (Wildman–Crippen LogP) is 1.15. The van der Waals surface area contributed by atoms with Gasteiger partial charge in [0.2, 0.25) is 0 Å². The topological polar surface area (TPSA) is 57.6 Å². The van der Waals surface area contributed by atoms with Gasteiger partial charge in [-0.15, -0.1) is 0 Å². The smallest absolute Gasteiger partial charge is 0.310 e. The number of carboxylic acid groups (broad SMARTS) is 1. The van der Waals surface area contributed by atoms with Gasteiger partial charge in [0.05, 0.1) is 5.41 Å². The fourth-order valence-corrected chi connectivity index (χ4v) is 1.79. The molecule has 86 valence electrons. The molecule has 4 heteroatoms. The molecule has 1 N–H and O–H groups in total. The molecule has 1 aliphatic rings. The van der Waals surface area contributed by atoms with Crippen LogP contribution < -0.4 is 0 Å². The highest BCUT2D eigenvalue weighted by atomic mass is 16.4. The summed E-state index contributed by atoms with van der Waals surface area (Å²) in [6.45, 7) is 4.87. The van der Waals surface area contributed by atoms with Crippen molar-refractivity contribution in [1.82, 2.24) is 4.90 Å². The van der Waals surface area contributed by atoms with Gasteiger partial charge in [0.1, 0.15) is 5.78 Å². The molecule has 0 unspecified atom stereocenters. The number of Topliss-reactive ketones (excluding diaryl/α,β-unsaturated/α-hetero) is 1. The summed E-state index contributed by atoms with van der Waals surface area (Å²) in [4.78, 5) is 24.1. The lowest BCUT2D eigenvalue weighted by Crippen LogP contribution is -2.46. The lowest BCUT2D eigenvalue weighted by molar-refractivity contribution is -0.161. The SMILES string of the molecule is CC(C)N(C)CCC1(C(=O)O)CC(=O)C1. The van der Waals surface area contributed by atoms with Gasteiger partial charge in [0, 0.05) is 18.9 Å². The van der Waals surface area contributed by atoms with E-state index in [2.05, 4.69) is 18.7 Å². The number of nitrogens with zero attached hydrogens (tertiary/aromatic N) is 1. The molecule has 1 rings (SSSR count). The zero-order valence-corrected chi connectivity index (χ0v) is 9.62. The summed E-state index contributed by atoms with van der Waals surface area (Å²) in [5.74, 6) is -0.746. The molecule has 0 saturated heterocycles. The van der Waals surface area contributed by atoms with E-state index in [0.29, 0.717) is 12.5 Å². The highest BCUT2D eigenvalue weighted by molar-refractivity contribution is 5.96. The molecule has 1 fully saturated rings. The van der Waals surface area contributed by atoms with E-state index >= 15 is 0 Å². The second-order valence-electron chi connectivity index (χ2n) is 4.80. The Morgan fingerprint density at radius 3 is 2.40 bits per heavy atom. The summed E-state index contributed by atoms with van der Waals surface area (Å²) in [5, 5.41) is 9.08. The van der Waals surface area contributed by atoms with Gasteiger partial charge in [-0.1, -0.05) is 0 Å². The van der Waals surface area contributed by atoms with E-state index in [1.807, 2.05) is 7.05 Å². The summed E-state index contributed by atoms with van der Waals surface area (Å²) in [7, 11) is 1.97. The molecule has 0 amide bonds. The third-order valence-electron chi connectivity index (χ3n) is 3.35. The number of rotatable bonds is 5. The number of ketones is 1. The maximum absolute atomic E-state index is 11.1. The molecule has 1 aliphatic carbocycles. The van der Waals surface area contributed by atoms with Gasteiger partial charge in [0.15, 0.2) is 0 Å². The maximum atomic E-state index is 11.1. The first-order valence-corrected chi connectivity index (χ1v) is 5.33. The second-order valence-corrected chi connectivity index (χ2v) is 4.80. The summed E-state index contributed by atoms with van der Waals surface area (Å²) in [5.41, 5.74) is -0.764. The highest BCUT2D eigenvalue weighted by Crippen LogP contribution is 2.41. The molecule has 0 atom stereocenters. The van der Waals surface area contributed by atoms with E-state index in [-0.39, 0.29) is 18.6 Å². The van der Waals surface area contributed by atoms with Crippen LogP contribution in [0.15, 0.2) is 0 Å². The van der Waals surface area contributed by atoms with Crippen LogP contribution in [-0.4, -0.2) is 41.4 Å². The molecule has 15 heavy (non-hydrogen) atoms. The zero-order chi connectivity index (χ0) is 11.6. The van der Waals surface area contributed by atoms with E-state index < -0.39 is 11.4 Å². The van der Waals surface area contributed by atoms with Crippen molar-refractivity contribution in [2.75, 3.05) is 13.6 Å². The largest absolute Gasteiger partial charge is 0.481 e. The van der Waals surface area contributed by atoms with Crippen LogP contribution in [0.4, 0.5) is 0 Å². The van der Waals surface area contributed by atoms with Crippen LogP contribution in [0.2, 0.25) is 0 Å². The van der Waals surface area contributed by atoms with Gasteiger partial charge in [0.25, 0.3) is 0 Å². The number of aliphatic carboxylic acids is 1. The van der Waals surface area contributed by atoms with Crippen molar-refractivity contribution in [3.8, 4) is 0 Å². The Bertz CT molecular complexity index is 265. The first-order chi connectivity index (χ1) is 6.87. The fourth-order valence-electron chi connectivity index (χ4n) is 1.79. The standard InChI is InChI=1S/C11H19NO3/c1-8(2)12(3)5-4-11(10(14)15)6-9(13)7-11/h8H,4-7H2,1-3H3,(H,14,15). The number of carbonyl (C=O) groups is 2. The molecular weight excluding hydrogens is 194 g/mol. The Labute approximate surface area is 90.3 Å². The predicted molar refractivity (Wildman–Crippen MR) is 56.7 cm³/mol. The van der Waals surface area contributed by atoms with Crippen molar-refractivity contribution in [2.45, 2.75) is 39.2 Å². The van der Waals surface area contributed by atoms with Crippen molar-refractivity contribution in [1.29, 1.82) is 0 Å². The molecule has 0 aromatic carbocycles. The molecule has 0 aromatic heterocycles. The first-order valence-electron chi connectivity index (χ1n) is 5.33. The van der Waals surface area contributed by atoms with Crippen LogP contribution >= 0.6 is 0 Å². The van der Waals surface area contributed by atoms with Crippen molar-refractivity contribution >= 4 is 11.8 Å². The average Bonchev–Trinajstić information content (AvgIpc) is 2.08. The number of hydrogen-bond acceptors (Lipinski definition) is 3. The number of hydrogen-bond donors (Lipinski definition) is 1. The Kier molecular flexibility index (Phi) is 3.50. The van der Waals surface area contributed by atoms with Crippen molar-refractivity contribution in [3.63, 3.8) is 0 Å². The Balaban J connectivity index is 2.48. The van der Waals surface area contributed by atoms with Crippen molar-refractivity contribution < 1.29 is 14.7 Å². The first kappa shape index (κ1) is 12.2. The van der Waals surface area contributed by atoms with E-state index in [1.165, 1.54) is 0 Å². The minimum atomic E-state index is -0.820. The Morgan fingerprint density at radius 2 is 2.07 bits per heavy atom. The summed E-state index contributed by atoms with van der Waals surface area (Å²) in [6, 6.07) is 0.409. The lowest BCUT2D eigenvalue weighted by Gasteiger charge is -2.37. The molecule has 4 nitrogen and oxygen atoms in total. The Hall–Kier alpha value is -0.900. The summed E-state index contributed by atoms with van der Waals surface area (Å²) >= 11 is 0. The zero-order valence-electron chi connectivity index (χ0n) is 9.62. The highest BCUT2D eigenvalue weighted by Gasteiger charge is 2.49. The minimum absolute atomic E-state index is 0.0737. The van der Waals surface area contributed by atoms with Gasteiger partial charge in [-0.25, -0.2) is 0 Å². The second kappa shape index (κ2) is 4.31. The van der Waals surface area contributed by atoms with Crippen molar-refractivity contribution in [2.24, 2.45) is 5.41 Å². The fraction of sp³-hybridized carbons (Fsp3) is 0.818. The van der Waals surface area contributed by atoms with Crippen molar-refractivity contribution in [3.05, 3.63) is 0 Å². The minimum Gasteiger partial charge on any atom is -0.481 e. The van der Waals surface area contributed by atoms with Gasteiger partial charge >= 0.3 is 5.97 Å². The average molecular weight is 213 g/mol. The van der Waals surface area contributed by atoms with E-state index in [1.54, 1.807) is 0 Å².